The molecule has 14 N–H and O–H groups in total. The van der Waals surface area contributed by atoms with Crippen molar-refractivity contribution in [1.29, 1.82) is 0 Å². The van der Waals surface area contributed by atoms with Crippen LogP contribution >= 0.6 is 0 Å². The third-order valence-electron chi connectivity index (χ3n) is 8.88. The summed E-state index contributed by atoms with van der Waals surface area (Å²) in [6, 6.07) is 17.1. The van der Waals surface area contributed by atoms with E-state index in [4.69, 9.17) is 65.5 Å². The van der Waals surface area contributed by atoms with Gasteiger partial charge in [-0.15, -0.1) is 9.97 Å². The molecule has 40 heteroatoms. The first-order valence-corrected chi connectivity index (χ1v) is 25.1. The van der Waals surface area contributed by atoms with Gasteiger partial charge in [0, 0.05) is 79.8 Å². The van der Waals surface area contributed by atoms with Crippen molar-refractivity contribution in [1.82, 2.24) is 40.5 Å². The zero-order valence-electron chi connectivity index (χ0n) is 50.5. The summed E-state index contributed by atoms with van der Waals surface area (Å²) in [5.41, 5.74) is 13.9. The SMILES string of the molecule is CC(=O)NCc1cc(C(=O)O)ccn1.CC(=O)NCc1ccc(C(=O)O)cn1.CC(=O)OC(=O)C(F)(F)F.CC(=O)OC(=O)C(F)(F)F.CO.CO.NCc1cc(C(=O)O)ccn1.NCc1ccc(C(=O)O)cn1.[C-]#[N+]c1cc(C(=O)O)ccn1.[C-]#[N+]c1ccc(C(=O)O)cn1. The Bertz CT molecular complexity index is 3570. The van der Waals surface area contributed by atoms with Gasteiger partial charge in [0.15, 0.2) is 0 Å². The summed E-state index contributed by atoms with van der Waals surface area (Å²) < 4.78 is 73.5. The van der Waals surface area contributed by atoms with Crippen LogP contribution in [0.5, 0.6) is 0 Å². The maximum Gasteiger partial charge on any atom is 0.491 e. The molecule has 0 spiro atoms. The van der Waals surface area contributed by atoms with E-state index < -0.39 is 72.0 Å². The maximum atomic E-state index is 11.2. The molecule has 0 aromatic carbocycles. The molecule has 0 atom stereocenters. The highest BCUT2D eigenvalue weighted by Crippen LogP contribution is 2.17. The zero-order valence-corrected chi connectivity index (χ0v) is 50.5. The topological polar surface area (TPSA) is 547 Å². The number of aliphatic hydroxyl groups excluding tert-OH is 2. The first-order chi connectivity index (χ1) is 44.8. The monoisotopic (exact) mass is 1360 g/mol. The number of hydrogen-bond donors (Lipinski definition) is 12. The molecule has 2 amide bonds. The molecule has 0 saturated heterocycles. The molecule has 6 aromatic heterocycles. The van der Waals surface area contributed by atoms with Gasteiger partial charge in [0.1, 0.15) is 12.4 Å². The molecule has 6 rings (SSSR count). The first kappa shape index (κ1) is 89.8. The van der Waals surface area contributed by atoms with E-state index in [1.54, 1.807) is 12.1 Å². The fourth-order valence-corrected chi connectivity index (χ4v) is 4.76. The Hall–Kier alpha value is -12.7. The van der Waals surface area contributed by atoms with Crippen molar-refractivity contribution in [2.75, 3.05) is 14.2 Å². The molecule has 0 bridgehead atoms. The molecule has 96 heavy (non-hydrogen) atoms. The number of pyridine rings is 6. The molecular formula is C56H58F6N12O22. The Morgan fingerprint density at radius 2 is 0.729 bits per heavy atom. The molecule has 0 fully saturated rings. The van der Waals surface area contributed by atoms with E-state index in [0.717, 1.165) is 20.4 Å². The van der Waals surface area contributed by atoms with Crippen molar-refractivity contribution in [3.8, 4) is 0 Å². The number of ether oxygens (including phenoxy) is 2. The Morgan fingerprint density at radius 1 is 0.417 bits per heavy atom. The summed E-state index contributed by atoms with van der Waals surface area (Å²) in [7, 11) is 2.00. The van der Waals surface area contributed by atoms with Crippen LogP contribution in [0.4, 0.5) is 38.0 Å². The number of aromatic nitrogens is 6. The van der Waals surface area contributed by atoms with Gasteiger partial charge in [0.25, 0.3) is 11.6 Å². The minimum absolute atomic E-state index is 0.0889. The van der Waals surface area contributed by atoms with Crippen LogP contribution in [-0.4, -0.2) is 169 Å². The van der Waals surface area contributed by atoms with Crippen molar-refractivity contribution in [3.63, 3.8) is 0 Å². The maximum absolute atomic E-state index is 11.2. The highest BCUT2D eigenvalue weighted by molar-refractivity contribution is 5.91. The largest absolute Gasteiger partial charge is 0.491 e. The molecule has 6 heterocycles. The molecule has 0 aliphatic heterocycles. The average molecular weight is 1370 g/mol. The van der Waals surface area contributed by atoms with Gasteiger partial charge in [0.05, 0.1) is 69.2 Å². The Labute approximate surface area is 537 Å². The molecule has 6 aromatic rings. The molecule has 0 saturated carbocycles. The zero-order chi connectivity index (χ0) is 74.9. The number of hydrogen-bond acceptors (Lipinski definition) is 24. The highest BCUT2D eigenvalue weighted by atomic mass is 19.4. The molecular weight excluding hydrogens is 1310 g/mol. The number of carbonyl (C=O) groups is 12. The second-order valence-corrected chi connectivity index (χ2v) is 16.0. The van der Waals surface area contributed by atoms with Crippen LogP contribution in [0.15, 0.2) is 110 Å². The van der Waals surface area contributed by atoms with Crippen molar-refractivity contribution in [2.24, 2.45) is 11.5 Å². The van der Waals surface area contributed by atoms with Crippen LogP contribution in [0.2, 0.25) is 0 Å². The quantitative estimate of drug-likeness (QED) is 0.0348. The van der Waals surface area contributed by atoms with Gasteiger partial charge < -0.3 is 82.1 Å². The Morgan fingerprint density at radius 3 is 1.01 bits per heavy atom. The van der Waals surface area contributed by atoms with Crippen molar-refractivity contribution >= 4 is 83.1 Å². The van der Waals surface area contributed by atoms with Gasteiger partial charge in [0.2, 0.25) is 11.8 Å². The second-order valence-electron chi connectivity index (χ2n) is 16.0. The van der Waals surface area contributed by atoms with E-state index in [1.807, 2.05) is 0 Å². The standard InChI is InChI=1S/2C9H10N2O3.2C7H4N2O2.2C7H8N2O2.2C4H3F3O3.2CH4O/c1-6(12)11-5-8-4-7(9(13)14)2-3-10-8;1-6(12)10-5-8-3-2-7(4-11-8)9(13)14;1-8-6-4-5(7(10)11)2-3-9-6;1-8-6-3-2-5(4-9-6)7(10)11;8-3-6-2-1-5(4-9-6)7(10)11;8-4-6-3-5(7(10)11)1-2-9-6;2*1-2(8)10-3(9)4(5,6)7;2*1-2/h2-4H,5H2,1H3,(H,11,12)(H,13,14);2-4H,5H2,1H3,(H,10,12)(H,13,14);2*2-4H,(H,10,11);1-2,4H,3,8H2,(H,10,11);1-3H,4,8H2,(H,10,11);2*1H3;2*2H,1H3. The third kappa shape index (κ3) is 43.9. The molecule has 0 aliphatic rings. The van der Waals surface area contributed by atoms with Crippen LogP contribution < -0.4 is 22.1 Å². The molecule has 34 nitrogen and oxygen atoms in total. The smallest absolute Gasteiger partial charge is 0.478 e. The van der Waals surface area contributed by atoms with Gasteiger partial charge in [-0.2, -0.15) is 26.3 Å². The first-order valence-electron chi connectivity index (χ1n) is 25.1. The van der Waals surface area contributed by atoms with Gasteiger partial charge in [-0.1, -0.05) is 19.2 Å². The lowest BCUT2D eigenvalue weighted by atomic mass is 10.2. The Balaban J connectivity index is -0.000000501. The molecule has 0 aliphatic carbocycles. The van der Waals surface area contributed by atoms with E-state index in [1.165, 1.54) is 105 Å². The van der Waals surface area contributed by atoms with Gasteiger partial charge >= 0.3 is 72.0 Å². The Kier molecular flexibility index (Phi) is 45.9. The van der Waals surface area contributed by atoms with E-state index >= 15 is 0 Å². The number of rotatable bonds is 12. The molecule has 516 valence electrons. The summed E-state index contributed by atoms with van der Waals surface area (Å²) in [4.78, 5) is 151. The van der Waals surface area contributed by atoms with Gasteiger partial charge in [-0.3, -0.25) is 39.1 Å². The van der Waals surface area contributed by atoms with Crippen LogP contribution in [-0.2, 0) is 64.4 Å². The number of nitrogens with two attached hydrogens (primary N) is 2. The average Bonchev–Trinajstić information content (AvgIpc) is 1.38. The van der Waals surface area contributed by atoms with E-state index in [2.05, 4.69) is 59.7 Å². The predicted molar refractivity (Wildman–Crippen MR) is 312 cm³/mol. The van der Waals surface area contributed by atoms with E-state index in [-0.39, 0.29) is 69.9 Å². The van der Waals surface area contributed by atoms with Crippen LogP contribution in [0.3, 0.4) is 0 Å². The second kappa shape index (κ2) is 49.1. The van der Waals surface area contributed by atoms with Crippen molar-refractivity contribution < 1.29 is 134 Å². The fraction of sp³-hybridized carbons (Fsp3) is 0.214. The number of aromatic carboxylic acids is 6. The van der Waals surface area contributed by atoms with Crippen molar-refractivity contribution in [3.05, 3.63) is 189 Å². The van der Waals surface area contributed by atoms with Gasteiger partial charge in [-0.25, -0.2) is 38.4 Å². The lowest BCUT2D eigenvalue weighted by molar-refractivity contribution is -0.201. The molecule has 0 unspecified atom stereocenters. The number of carboxylic acid groups (broad SMARTS) is 6. The normalized spacial score (nSPS) is 9.31. The van der Waals surface area contributed by atoms with E-state index in [0.29, 0.717) is 49.7 Å². The number of esters is 4. The number of nitrogens with zero attached hydrogens (tertiary/aromatic N) is 8. The van der Waals surface area contributed by atoms with Crippen LogP contribution in [0.1, 0.15) is 113 Å². The summed E-state index contributed by atoms with van der Waals surface area (Å²) in [6.07, 6.45) is -2.32. The highest BCUT2D eigenvalue weighted by Gasteiger charge is 2.42. The number of carboxylic acids is 6. The summed E-state index contributed by atoms with van der Waals surface area (Å²) in [5.74, 6) is -13.6. The number of nitrogens with one attached hydrogen (secondary N) is 2. The van der Waals surface area contributed by atoms with Gasteiger partial charge in [-0.05, 0) is 66.7 Å². The summed E-state index contributed by atoms with van der Waals surface area (Å²) >= 11 is 0. The summed E-state index contributed by atoms with van der Waals surface area (Å²) in [5, 5.41) is 70.3. The number of halogens is 6. The minimum Gasteiger partial charge on any atom is -0.478 e. The van der Waals surface area contributed by atoms with Crippen molar-refractivity contribution in [2.45, 2.75) is 66.2 Å². The lowest BCUT2D eigenvalue weighted by Crippen LogP contribution is -2.26. The van der Waals surface area contributed by atoms with Crippen LogP contribution in [0, 0.1) is 13.1 Å². The lowest BCUT2D eigenvalue weighted by Gasteiger charge is -2.01. The minimum atomic E-state index is -5.09. The predicted octanol–water partition coefficient (Wildman–Crippen LogP) is 4.46. The number of carbonyl (C=O) groups excluding carboxylic acids is 6. The summed E-state index contributed by atoms with van der Waals surface area (Å²) in [6.45, 7) is 18.5. The van der Waals surface area contributed by atoms with Crippen LogP contribution in [0.25, 0.3) is 9.69 Å². The van der Waals surface area contributed by atoms with E-state index in [9.17, 15) is 83.9 Å². The number of aliphatic hydroxyl groups is 2. The molecule has 0 radical (unpaired) electrons. The fourth-order valence-electron chi connectivity index (χ4n) is 4.76. The number of alkyl halides is 6. The third-order valence-corrected chi connectivity index (χ3v) is 8.88. The number of amides is 2.